The molecule has 0 aromatic rings. The largest absolute Gasteiger partial charge is 0.316 e. The second-order valence-corrected chi connectivity index (χ2v) is 8.04. The van der Waals surface area contributed by atoms with E-state index in [0.717, 1.165) is 12.1 Å². The summed E-state index contributed by atoms with van der Waals surface area (Å²) in [5.74, 6) is 0. The minimum absolute atomic E-state index is 0.578. The van der Waals surface area contributed by atoms with Crippen molar-refractivity contribution in [3.63, 3.8) is 0 Å². The molecular formula is C19H36N2. The molecule has 0 spiro atoms. The standard InChI is InChI=1S/C19H36N2/c1-2-19(13-14-20-15-19)16-21(17-9-5-3-6-10-17)18-11-7-4-8-12-18/h17-18,20H,2-16H2,1H3. The van der Waals surface area contributed by atoms with Crippen molar-refractivity contribution in [2.75, 3.05) is 19.6 Å². The van der Waals surface area contributed by atoms with E-state index in [2.05, 4.69) is 17.1 Å². The third kappa shape index (κ3) is 3.82. The highest BCUT2D eigenvalue weighted by Crippen LogP contribution is 2.36. The molecule has 1 unspecified atom stereocenters. The van der Waals surface area contributed by atoms with E-state index >= 15 is 0 Å². The van der Waals surface area contributed by atoms with Crippen LogP contribution in [0.1, 0.15) is 84.0 Å². The first kappa shape index (κ1) is 15.8. The molecular weight excluding hydrogens is 256 g/mol. The molecule has 2 saturated carbocycles. The molecule has 0 bridgehead atoms. The average Bonchev–Trinajstić information content (AvgIpc) is 3.04. The van der Waals surface area contributed by atoms with Gasteiger partial charge in [-0.1, -0.05) is 45.4 Å². The summed E-state index contributed by atoms with van der Waals surface area (Å²) in [6, 6.07) is 1.82. The van der Waals surface area contributed by atoms with Crippen molar-refractivity contribution in [2.24, 2.45) is 5.41 Å². The molecule has 3 aliphatic rings. The smallest absolute Gasteiger partial charge is 0.00984 e. The molecule has 3 fully saturated rings. The van der Waals surface area contributed by atoms with Crippen molar-refractivity contribution in [3.8, 4) is 0 Å². The number of nitrogens with zero attached hydrogens (tertiary/aromatic N) is 1. The summed E-state index contributed by atoms with van der Waals surface area (Å²) in [6.45, 7) is 6.31. The van der Waals surface area contributed by atoms with Gasteiger partial charge in [0.25, 0.3) is 0 Å². The molecule has 1 aliphatic heterocycles. The summed E-state index contributed by atoms with van der Waals surface area (Å²) in [4.78, 5) is 3.02. The summed E-state index contributed by atoms with van der Waals surface area (Å²) in [5.41, 5.74) is 0.578. The van der Waals surface area contributed by atoms with Gasteiger partial charge in [-0.15, -0.1) is 0 Å². The zero-order valence-electron chi connectivity index (χ0n) is 14.2. The Hall–Kier alpha value is -0.0800. The van der Waals surface area contributed by atoms with Crippen molar-refractivity contribution in [1.82, 2.24) is 10.2 Å². The zero-order valence-corrected chi connectivity index (χ0v) is 14.2. The van der Waals surface area contributed by atoms with E-state index in [0.29, 0.717) is 5.41 Å². The van der Waals surface area contributed by atoms with Crippen LogP contribution >= 0.6 is 0 Å². The van der Waals surface area contributed by atoms with Crippen LogP contribution < -0.4 is 5.32 Å². The Labute approximate surface area is 132 Å². The van der Waals surface area contributed by atoms with Gasteiger partial charge in [-0.2, -0.15) is 0 Å². The van der Waals surface area contributed by atoms with Gasteiger partial charge in [-0.3, -0.25) is 4.90 Å². The van der Waals surface area contributed by atoms with Gasteiger partial charge in [0.15, 0.2) is 0 Å². The Morgan fingerprint density at radius 2 is 1.48 bits per heavy atom. The molecule has 21 heavy (non-hydrogen) atoms. The molecule has 1 N–H and O–H groups in total. The van der Waals surface area contributed by atoms with Crippen molar-refractivity contribution in [1.29, 1.82) is 0 Å². The summed E-state index contributed by atoms with van der Waals surface area (Å²) >= 11 is 0. The fourth-order valence-electron chi connectivity index (χ4n) is 5.11. The molecule has 1 atom stereocenters. The summed E-state index contributed by atoms with van der Waals surface area (Å²) < 4.78 is 0. The summed E-state index contributed by atoms with van der Waals surface area (Å²) in [7, 11) is 0. The first-order chi connectivity index (χ1) is 10.3. The van der Waals surface area contributed by atoms with Crippen molar-refractivity contribution in [2.45, 2.75) is 96.1 Å². The minimum atomic E-state index is 0.578. The third-order valence-electron chi connectivity index (χ3n) is 6.69. The van der Waals surface area contributed by atoms with Crippen molar-refractivity contribution < 1.29 is 0 Å². The summed E-state index contributed by atoms with van der Waals surface area (Å²) in [5, 5.41) is 3.65. The fourth-order valence-corrected chi connectivity index (χ4v) is 5.11. The minimum Gasteiger partial charge on any atom is -0.316 e. The first-order valence-electron chi connectivity index (χ1n) is 9.79. The van der Waals surface area contributed by atoms with Crippen LogP contribution in [-0.2, 0) is 0 Å². The van der Waals surface area contributed by atoms with E-state index in [1.54, 1.807) is 0 Å². The maximum absolute atomic E-state index is 3.65. The van der Waals surface area contributed by atoms with Crippen LogP contribution in [-0.4, -0.2) is 36.6 Å². The van der Waals surface area contributed by atoms with Gasteiger partial charge in [0.05, 0.1) is 0 Å². The van der Waals surface area contributed by atoms with Crippen LogP contribution in [0.15, 0.2) is 0 Å². The first-order valence-corrected chi connectivity index (χ1v) is 9.79. The SMILES string of the molecule is CCC1(CN(C2CCCCC2)C2CCCCC2)CCNC1. The van der Waals surface area contributed by atoms with Crippen molar-refractivity contribution >= 4 is 0 Å². The van der Waals surface area contributed by atoms with Gasteiger partial charge in [-0.25, -0.2) is 0 Å². The van der Waals surface area contributed by atoms with Crippen LogP contribution in [0.4, 0.5) is 0 Å². The van der Waals surface area contributed by atoms with Gasteiger partial charge < -0.3 is 5.32 Å². The normalized spacial score (nSPS) is 32.9. The molecule has 0 amide bonds. The number of hydrogen-bond donors (Lipinski definition) is 1. The Balaban J connectivity index is 1.70. The lowest BCUT2D eigenvalue weighted by atomic mass is 9.80. The maximum atomic E-state index is 3.65. The molecule has 2 aliphatic carbocycles. The highest BCUT2D eigenvalue weighted by atomic mass is 15.2. The van der Waals surface area contributed by atoms with Crippen molar-refractivity contribution in [3.05, 3.63) is 0 Å². The van der Waals surface area contributed by atoms with Crippen LogP contribution in [0.25, 0.3) is 0 Å². The summed E-state index contributed by atoms with van der Waals surface area (Å²) in [6.07, 6.45) is 17.5. The van der Waals surface area contributed by atoms with E-state index in [4.69, 9.17) is 0 Å². The predicted octanol–water partition coefficient (Wildman–Crippen LogP) is 4.34. The van der Waals surface area contributed by atoms with E-state index in [1.807, 2.05) is 0 Å². The Bertz CT molecular complexity index is 279. The second-order valence-electron chi connectivity index (χ2n) is 8.04. The number of rotatable bonds is 5. The Morgan fingerprint density at radius 3 is 1.90 bits per heavy atom. The molecule has 0 radical (unpaired) electrons. The topological polar surface area (TPSA) is 15.3 Å². The van der Waals surface area contributed by atoms with Crippen LogP contribution in [0, 0.1) is 5.41 Å². The molecule has 2 heteroatoms. The average molecular weight is 293 g/mol. The van der Waals surface area contributed by atoms with Crippen LogP contribution in [0.3, 0.4) is 0 Å². The lowest BCUT2D eigenvalue weighted by molar-refractivity contribution is 0.0373. The van der Waals surface area contributed by atoms with E-state index in [-0.39, 0.29) is 0 Å². The van der Waals surface area contributed by atoms with E-state index < -0.39 is 0 Å². The predicted molar refractivity (Wildman–Crippen MR) is 90.7 cm³/mol. The van der Waals surface area contributed by atoms with Gasteiger partial charge in [0.2, 0.25) is 0 Å². The zero-order chi connectivity index (χ0) is 14.5. The lowest BCUT2D eigenvalue weighted by Gasteiger charge is -2.46. The molecule has 122 valence electrons. The molecule has 2 nitrogen and oxygen atoms in total. The monoisotopic (exact) mass is 292 g/mol. The highest BCUT2D eigenvalue weighted by Gasteiger charge is 2.38. The molecule has 0 aromatic heterocycles. The molecule has 1 saturated heterocycles. The van der Waals surface area contributed by atoms with Crippen LogP contribution in [0.5, 0.6) is 0 Å². The number of hydrogen-bond acceptors (Lipinski definition) is 2. The molecule has 1 heterocycles. The van der Waals surface area contributed by atoms with Gasteiger partial charge in [-0.05, 0) is 50.5 Å². The Kier molecular flexibility index (Phi) is 5.61. The van der Waals surface area contributed by atoms with E-state index in [9.17, 15) is 0 Å². The van der Waals surface area contributed by atoms with Gasteiger partial charge >= 0.3 is 0 Å². The third-order valence-corrected chi connectivity index (χ3v) is 6.69. The second kappa shape index (κ2) is 7.46. The van der Waals surface area contributed by atoms with E-state index in [1.165, 1.54) is 96.7 Å². The molecule has 3 rings (SSSR count). The number of nitrogens with one attached hydrogen (secondary N) is 1. The van der Waals surface area contributed by atoms with Crippen LogP contribution in [0.2, 0.25) is 0 Å². The lowest BCUT2D eigenvalue weighted by Crippen LogP contribution is -2.50. The van der Waals surface area contributed by atoms with Gasteiger partial charge in [0.1, 0.15) is 0 Å². The molecule has 0 aromatic carbocycles. The van der Waals surface area contributed by atoms with Gasteiger partial charge in [0, 0.05) is 25.2 Å². The highest BCUT2D eigenvalue weighted by molar-refractivity contribution is 4.94. The fraction of sp³-hybridized carbons (Fsp3) is 1.00. The Morgan fingerprint density at radius 1 is 0.905 bits per heavy atom. The maximum Gasteiger partial charge on any atom is 0.00984 e. The quantitative estimate of drug-likeness (QED) is 0.810.